The van der Waals surface area contributed by atoms with Crippen LogP contribution in [0, 0.1) is 11.8 Å². The van der Waals surface area contributed by atoms with Gasteiger partial charge in [-0.25, -0.2) is 4.79 Å². The van der Waals surface area contributed by atoms with Gasteiger partial charge in [-0.2, -0.15) is 0 Å². The Hall–Kier alpha value is -3.32. The van der Waals surface area contributed by atoms with Crippen molar-refractivity contribution in [2.75, 3.05) is 0 Å². The van der Waals surface area contributed by atoms with E-state index in [4.69, 9.17) is 0 Å². The van der Waals surface area contributed by atoms with Gasteiger partial charge in [0.25, 0.3) is 5.56 Å². The highest BCUT2D eigenvalue weighted by Gasteiger charge is 2.18. The Balaban J connectivity index is 2.17. The molecule has 0 saturated carbocycles. The van der Waals surface area contributed by atoms with E-state index < -0.39 is 5.69 Å². The molecule has 0 aliphatic rings. The van der Waals surface area contributed by atoms with E-state index in [-0.39, 0.29) is 16.4 Å². The van der Waals surface area contributed by atoms with E-state index in [0.717, 1.165) is 15.7 Å². The van der Waals surface area contributed by atoms with Gasteiger partial charge >= 0.3 is 5.69 Å². The van der Waals surface area contributed by atoms with Crippen molar-refractivity contribution in [1.29, 1.82) is 0 Å². The molecule has 0 fully saturated rings. The maximum atomic E-state index is 13.1. The van der Waals surface area contributed by atoms with Crippen LogP contribution in [0.1, 0.15) is 63.9 Å². The molecule has 0 saturated heterocycles. The average molecular weight is 429 g/mol. The molecule has 2 aromatic carbocycles. The molecule has 4 nitrogen and oxygen atoms in total. The third-order valence-corrected chi connectivity index (χ3v) is 5.78. The second-order valence-corrected chi connectivity index (χ2v) is 10.3. The molecular formula is C28H32N2O2. The fourth-order valence-electron chi connectivity index (χ4n) is 3.57. The Kier molecular flexibility index (Phi) is 6.07. The first-order chi connectivity index (χ1) is 14.8. The highest BCUT2D eigenvalue weighted by atomic mass is 16.2. The van der Waals surface area contributed by atoms with Gasteiger partial charge in [-0.1, -0.05) is 83.9 Å². The first kappa shape index (κ1) is 23.3. The smallest absolute Gasteiger partial charge is 0.289 e. The fourth-order valence-corrected chi connectivity index (χ4v) is 3.57. The molecule has 0 atom stereocenters. The number of rotatable bonds is 1. The summed E-state index contributed by atoms with van der Waals surface area (Å²) in [6, 6.07) is 16.0. The molecule has 0 aliphatic heterocycles. The van der Waals surface area contributed by atoms with E-state index in [1.54, 1.807) is 7.05 Å². The zero-order valence-electron chi connectivity index (χ0n) is 20.3. The van der Waals surface area contributed by atoms with Crippen LogP contribution in [0.2, 0.25) is 0 Å². The van der Waals surface area contributed by atoms with E-state index in [1.165, 1.54) is 22.7 Å². The number of benzene rings is 2. The van der Waals surface area contributed by atoms with Gasteiger partial charge < -0.3 is 0 Å². The third-order valence-electron chi connectivity index (χ3n) is 5.78. The molecule has 0 bridgehead atoms. The first-order valence-corrected chi connectivity index (χ1v) is 10.8. The number of hydrogen-bond donors (Lipinski definition) is 0. The van der Waals surface area contributed by atoms with Crippen molar-refractivity contribution in [1.82, 2.24) is 9.13 Å². The quantitative estimate of drug-likeness (QED) is 0.525. The molecule has 3 aromatic rings. The molecule has 0 spiro atoms. The second-order valence-electron chi connectivity index (χ2n) is 10.3. The monoisotopic (exact) mass is 428 g/mol. The topological polar surface area (TPSA) is 44.0 Å². The summed E-state index contributed by atoms with van der Waals surface area (Å²) in [5.41, 5.74) is 4.18. The van der Waals surface area contributed by atoms with Crippen molar-refractivity contribution in [3.8, 4) is 23.0 Å². The van der Waals surface area contributed by atoms with E-state index in [2.05, 4.69) is 65.5 Å². The number of aromatic nitrogens is 2. The van der Waals surface area contributed by atoms with Gasteiger partial charge in [-0.15, -0.1) is 0 Å². The van der Waals surface area contributed by atoms with Crippen molar-refractivity contribution in [3.63, 3.8) is 0 Å². The van der Waals surface area contributed by atoms with Crippen LogP contribution in [-0.2, 0) is 24.9 Å². The van der Waals surface area contributed by atoms with Crippen molar-refractivity contribution in [2.45, 2.75) is 52.4 Å². The minimum Gasteiger partial charge on any atom is -0.289 e. The zero-order chi connectivity index (χ0) is 23.8. The van der Waals surface area contributed by atoms with Gasteiger partial charge in [-0.05, 0) is 45.6 Å². The van der Waals surface area contributed by atoms with Crippen LogP contribution < -0.4 is 11.2 Å². The summed E-state index contributed by atoms with van der Waals surface area (Å²) >= 11 is 0. The van der Waals surface area contributed by atoms with Crippen LogP contribution in [0.5, 0.6) is 0 Å². The lowest BCUT2D eigenvalue weighted by Crippen LogP contribution is -2.39. The Bertz CT molecular complexity index is 1310. The van der Waals surface area contributed by atoms with E-state index in [9.17, 15) is 9.59 Å². The molecule has 4 heteroatoms. The van der Waals surface area contributed by atoms with E-state index in [1.807, 2.05) is 36.4 Å². The minimum atomic E-state index is -0.391. The summed E-state index contributed by atoms with van der Waals surface area (Å²) in [5.74, 6) is 6.25. The number of hydrogen-bond acceptors (Lipinski definition) is 2. The molecule has 0 N–H and O–H groups in total. The summed E-state index contributed by atoms with van der Waals surface area (Å²) in [7, 11) is 3.15. The zero-order valence-corrected chi connectivity index (χ0v) is 20.3. The molecular weight excluding hydrogens is 396 g/mol. The average Bonchev–Trinajstić information content (AvgIpc) is 2.73. The van der Waals surface area contributed by atoms with Crippen LogP contribution in [-0.4, -0.2) is 9.13 Å². The van der Waals surface area contributed by atoms with Gasteiger partial charge in [-0.3, -0.25) is 13.9 Å². The summed E-state index contributed by atoms with van der Waals surface area (Å²) < 4.78 is 2.58. The molecule has 0 radical (unpaired) electrons. The van der Waals surface area contributed by atoms with E-state index in [0.29, 0.717) is 11.3 Å². The van der Waals surface area contributed by atoms with Gasteiger partial charge in [0, 0.05) is 19.7 Å². The molecule has 0 amide bonds. The summed E-state index contributed by atoms with van der Waals surface area (Å²) in [6.07, 6.45) is 0. The predicted molar refractivity (Wildman–Crippen MR) is 132 cm³/mol. The third kappa shape index (κ3) is 4.62. The lowest BCUT2D eigenvalue weighted by Gasteiger charge is -2.19. The van der Waals surface area contributed by atoms with Crippen LogP contribution >= 0.6 is 0 Å². The maximum absolute atomic E-state index is 13.1. The first-order valence-electron chi connectivity index (χ1n) is 10.8. The standard InChI is InChI=1S/C28H32N2O2/c1-27(2,3)21-14-9-19(10-15-21)11-18-23-24(25(31)30(8)26(32)29(23)7)20-12-16-22(17-13-20)28(4,5)6/h9-10,12-17H,1-8H3. The number of nitrogens with zero attached hydrogens (tertiary/aromatic N) is 2. The van der Waals surface area contributed by atoms with Gasteiger partial charge in [0.2, 0.25) is 0 Å². The van der Waals surface area contributed by atoms with Crippen molar-refractivity contribution < 1.29 is 0 Å². The van der Waals surface area contributed by atoms with E-state index >= 15 is 0 Å². The van der Waals surface area contributed by atoms with Gasteiger partial charge in [0.1, 0.15) is 5.69 Å². The van der Waals surface area contributed by atoms with Crippen molar-refractivity contribution in [2.24, 2.45) is 14.1 Å². The minimum absolute atomic E-state index is 0.00882. The largest absolute Gasteiger partial charge is 0.331 e. The lowest BCUT2D eigenvalue weighted by molar-refractivity contribution is 0.590. The summed E-state index contributed by atoms with van der Waals surface area (Å²) in [4.78, 5) is 25.7. The summed E-state index contributed by atoms with van der Waals surface area (Å²) in [5, 5.41) is 0. The maximum Gasteiger partial charge on any atom is 0.331 e. The van der Waals surface area contributed by atoms with Crippen LogP contribution in [0.4, 0.5) is 0 Å². The molecule has 166 valence electrons. The van der Waals surface area contributed by atoms with Crippen LogP contribution in [0.25, 0.3) is 11.1 Å². The lowest BCUT2D eigenvalue weighted by atomic mass is 9.86. The van der Waals surface area contributed by atoms with Gasteiger partial charge in [0.15, 0.2) is 0 Å². The SMILES string of the molecule is Cn1c(C#Cc2ccc(C(C)(C)C)cc2)c(-c2ccc(C(C)(C)C)cc2)c(=O)n(C)c1=O. The Morgan fingerprint density at radius 1 is 0.656 bits per heavy atom. The predicted octanol–water partition coefficient (Wildman–Crippen LogP) is 4.75. The van der Waals surface area contributed by atoms with Crippen LogP contribution in [0.15, 0.2) is 58.1 Å². The summed E-state index contributed by atoms with van der Waals surface area (Å²) in [6.45, 7) is 12.9. The van der Waals surface area contributed by atoms with Crippen LogP contribution in [0.3, 0.4) is 0 Å². The Labute approximate surface area is 190 Å². The Morgan fingerprint density at radius 2 is 1.12 bits per heavy atom. The molecule has 0 aliphatic carbocycles. The highest BCUT2D eigenvalue weighted by Crippen LogP contribution is 2.26. The second kappa shape index (κ2) is 8.31. The molecule has 3 rings (SSSR count). The fraction of sp³-hybridized carbons (Fsp3) is 0.357. The molecule has 1 heterocycles. The normalized spacial score (nSPS) is 11.8. The molecule has 1 aromatic heterocycles. The molecule has 32 heavy (non-hydrogen) atoms. The van der Waals surface area contributed by atoms with Gasteiger partial charge in [0.05, 0.1) is 5.56 Å². The molecule has 0 unspecified atom stereocenters. The van der Waals surface area contributed by atoms with Crippen molar-refractivity contribution >= 4 is 0 Å². The highest BCUT2D eigenvalue weighted by molar-refractivity contribution is 5.69. The Morgan fingerprint density at radius 3 is 1.59 bits per heavy atom. The van der Waals surface area contributed by atoms with Crippen molar-refractivity contribution in [3.05, 3.63) is 91.8 Å².